The Bertz CT molecular complexity index is 2430. The molecule has 60 heavy (non-hydrogen) atoms. The lowest BCUT2D eigenvalue weighted by atomic mass is 9.73. The maximum absolute atomic E-state index is 12.5. The van der Waals surface area contributed by atoms with Gasteiger partial charge < -0.3 is 30.6 Å². The Kier molecular flexibility index (Phi) is 10.6. The molecule has 0 aliphatic carbocycles. The van der Waals surface area contributed by atoms with Gasteiger partial charge in [0.1, 0.15) is 0 Å². The van der Waals surface area contributed by atoms with Gasteiger partial charge in [0.15, 0.2) is 0 Å². The van der Waals surface area contributed by atoms with Gasteiger partial charge in [-0.2, -0.15) is 0 Å². The quantitative estimate of drug-likeness (QED) is 0.0679. The second-order valence-corrected chi connectivity index (χ2v) is 13.6. The number of carbonyl (C=O) groups is 6. The van der Waals surface area contributed by atoms with Gasteiger partial charge in [-0.3, -0.25) is 0 Å². The van der Waals surface area contributed by atoms with E-state index < -0.39 is 35.8 Å². The van der Waals surface area contributed by atoms with Gasteiger partial charge in [0.2, 0.25) is 0 Å². The van der Waals surface area contributed by atoms with Gasteiger partial charge in [0.05, 0.1) is 33.4 Å². The molecule has 0 amide bonds. The van der Waals surface area contributed by atoms with Crippen LogP contribution in [0.4, 0.5) is 0 Å². The first-order valence-electron chi connectivity index (χ1n) is 18.0. The van der Waals surface area contributed by atoms with Crippen LogP contribution in [0, 0.1) is 0 Å². The first-order valence-corrected chi connectivity index (χ1v) is 18.0. The van der Waals surface area contributed by atoms with Crippen LogP contribution in [0.1, 0.15) is 62.1 Å². The summed E-state index contributed by atoms with van der Waals surface area (Å²) in [4.78, 5) is 75.3. The van der Waals surface area contributed by atoms with Gasteiger partial charge in [-0.15, -0.1) is 0 Å². The summed E-state index contributed by atoms with van der Waals surface area (Å²) in [5, 5.41) is 61.4. The fraction of sp³-hybridized carbons (Fsp3) is 0. The Morgan fingerprint density at radius 3 is 0.483 bits per heavy atom. The average molecular weight is 799 g/mol. The van der Waals surface area contributed by atoms with Gasteiger partial charge >= 0.3 is 35.8 Å². The number of carboxylic acids is 6. The zero-order valence-corrected chi connectivity index (χ0v) is 31.0. The molecule has 7 rings (SSSR count). The largest absolute Gasteiger partial charge is 0.478 e. The Labute approximate surface area is 340 Å². The smallest absolute Gasteiger partial charge is 0.335 e. The number of hydrogen-bond acceptors (Lipinski definition) is 6. The van der Waals surface area contributed by atoms with Crippen molar-refractivity contribution in [2.45, 2.75) is 0 Å². The molecule has 0 saturated heterocycles. The van der Waals surface area contributed by atoms with Crippen LogP contribution in [0.25, 0.3) is 66.8 Å². The molecule has 0 aliphatic rings. The molecule has 7 aromatic rings. The number of aromatic carboxylic acids is 6. The Morgan fingerprint density at radius 1 is 0.233 bits per heavy atom. The van der Waals surface area contributed by atoms with Crippen LogP contribution in [-0.4, -0.2) is 66.5 Å². The van der Waals surface area contributed by atoms with Crippen molar-refractivity contribution in [1.29, 1.82) is 0 Å². The molecule has 6 N–H and O–H groups in total. The summed E-state index contributed by atoms with van der Waals surface area (Å²) >= 11 is 0. The molecule has 0 bridgehead atoms. The Morgan fingerprint density at radius 2 is 0.367 bits per heavy atom. The summed E-state index contributed by atoms with van der Waals surface area (Å²) in [6.45, 7) is 0. The highest BCUT2D eigenvalue weighted by molar-refractivity contribution is 6.16. The molecule has 0 spiro atoms. The van der Waals surface area contributed by atoms with Gasteiger partial charge in [0, 0.05) is 0 Å². The highest BCUT2D eigenvalue weighted by atomic mass is 16.4. The summed E-state index contributed by atoms with van der Waals surface area (Å²) < 4.78 is 0. The van der Waals surface area contributed by atoms with Gasteiger partial charge in [-0.1, -0.05) is 72.8 Å². The number of benzene rings is 7. The lowest BCUT2D eigenvalue weighted by molar-refractivity contribution is 0.0686. The van der Waals surface area contributed by atoms with Crippen LogP contribution in [-0.2, 0) is 0 Å². The fourth-order valence-electron chi connectivity index (χ4n) is 7.33. The van der Waals surface area contributed by atoms with Crippen molar-refractivity contribution < 1.29 is 59.4 Å². The molecular weight excluding hydrogens is 769 g/mol. The van der Waals surface area contributed by atoms with Crippen LogP contribution in [0.3, 0.4) is 0 Å². The van der Waals surface area contributed by atoms with E-state index in [4.69, 9.17) is 0 Å². The summed E-state index contributed by atoms with van der Waals surface area (Å²) in [7, 11) is 0. The summed E-state index contributed by atoms with van der Waals surface area (Å²) in [5.41, 5.74) is 1.98. The van der Waals surface area contributed by atoms with Crippen molar-refractivity contribution in [2.75, 3.05) is 0 Å². The van der Waals surface area contributed by atoms with Crippen molar-refractivity contribution >= 4 is 35.8 Å². The number of carboxylic acid groups (broad SMARTS) is 6. The van der Waals surface area contributed by atoms with E-state index in [1.54, 1.807) is 36.4 Å². The molecule has 12 heteroatoms. The predicted octanol–water partition coefficient (Wildman–Crippen LogP) is 9.88. The minimum Gasteiger partial charge on any atom is -0.478 e. The second kappa shape index (κ2) is 16.1. The van der Waals surface area contributed by atoms with Crippen LogP contribution < -0.4 is 0 Å². The van der Waals surface area contributed by atoms with Crippen LogP contribution >= 0.6 is 0 Å². The van der Waals surface area contributed by atoms with E-state index in [0.29, 0.717) is 0 Å². The molecule has 294 valence electrons. The molecule has 0 unspecified atom stereocenters. The predicted molar refractivity (Wildman–Crippen MR) is 221 cm³/mol. The average Bonchev–Trinajstić information content (AvgIpc) is 3.25. The zero-order valence-electron chi connectivity index (χ0n) is 31.0. The van der Waals surface area contributed by atoms with Gasteiger partial charge in [-0.25, -0.2) is 28.8 Å². The normalized spacial score (nSPS) is 10.8. The standard InChI is InChI=1S/C48H30O12/c49-43(50)31-13-1-7-25(19-31)37-38(26-8-2-14-32(20-26)44(51)52)40(28-10-4-16-34(22-28)46(55)56)42(30-12-6-18-36(24-30)48(59)60)41(29-11-5-17-35(23-29)47(57)58)39(37)27-9-3-15-33(21-27)45(53)54/h1-24H,(H,49,50)(H,51,52)(H,53,54)(H,55,56)(H,57,58)(H,59,60). The highest BCUT2D eigenvalue weighted by Crippen LogP contribution is 2.56. The van der Waals surface area contributed by atoms with E-state index in [2.05, 4.69) is 0 Å². The van der Waals surface area contributed by atoms with Crippen molar-refractivity contribution in [3.8, 4) is 66.8 Å². The first kappa shape index (κ1) is 39.6. The third kappa shape index (κ3) is 7.59. The topological polar surface area (TPSA) is 224 Å². The maximum Gasteiger partial charge on any atom is 0.335 e. The lowest BCUT2D eigenvalue weighted by Gasteiger charge is -2.29. The van der Waals surface area contributed by atoms with Crippen LogP contribution in [0.15, 0.2) is 146 Å². The van der Waals surface area contributed by atoms with E-state index in [0.717, 1.165) is 0 Å². The van der Waals surface area contributed by atoms with E-state index in [9.17, 15) is 59.4 Å². The van der Waals surface area contributed by atoms with E-state index in [-0.39, 0.29) is 100 Å². The molecule has 0 radical (unpaired) electrons. The molecule has 0 aromatic heterocycles. The van der Waals surface area contributed by atoms with Crippen molar-refractivity contribution in [3.05, 3.63) is 179 Å². The molecule has 0 atom stereocenters. The maximum atomic E-state index is 12.5. The number of hydrogen-bond donors (Lipinski definition) is 6. The molecule has 0 aliphatic heterocycles. The minimum absolute atomic E-state index is 0.148. The zero-order chi connectivity index (χ0) is 42.8. The second-order valence-electron chi connectivity index (χ2n) is 13.6. The van der Waals surface area contributed by atoms with Crippen molar-refractivity contribution in [3.63, 3.8) is 0 Å². The lowest BCUT2D eigenvalue weighted by Crippen LogP contribution is -2.06. The van der Waals surface area contributed by atoms with E-state index in [1.165, 1.54) is 109 Å². The highest BCUT2D eigenvalue weighted by Gasteiger charge is 2.31. The molecule has 0 saturated carbocycles. The molecular formula is C48H30O12. The van der Waals surface area contributed by atoms with Crippen LogP contribution in [0.5, 0.6) is 0 Å². The molecule has 0 heterocycles. The van der Waals surface area contributed by atoms with Gasteiger partial charge in [-0.05, 0) is 140 Å². The fourth-order valence-corrected chi connectivity index (χ4v) is 7.33. The SMILES string of the molecule is O=C(O)c1cccc(-c2c(-c3cccc(C(=O)O)c3)c(-c3cccc(C(=O)O)c3)c(-c3cccc(C(=O)O)c3)c(-c3cccc(C(=O)O)c3)c2-c2cccc(C(=O)O)c2)c1. The molecule has 0 fully saturated rings. The van der Waals surface area contributed by atoms with Crippen molar-refractivity contribution in [2.24, 2.45) is 0 Å². The Balaban J connectivity index is 1.90. The molecule has 12 nitrogen and oxygen atoms in total. The summed E-state index contributed by atoms with van der Waals surface area (Å²) in [6, 6.07) is 35.1. The van der Waals surface area contributed by atoms with Crippen LogP contribution in [0.2, 0.25) is 0 Å². The minimum atomic E-state index is -1.29. The molecule has 7 aromatic carbocycles. The monoisotopic (exact) mass is 798 g/mol. The van der Waals surface area contributed by atoms with Crippen molar-refractivity contribution in [1.82, 2.24) is 0 Å². The summed E-state index contributed by atoms with van der Waals surface area (Å²) in [6.07, 6.45) is 0. The van der Waals surface area contributed by atoms with E-state index in [1.807, 2.05) is 0 Å². The third-order valence-corrected chi connectivity index (χ3v) is 9.89. The third-order valence-electron chi connectivity index (χ3n) is 9.89. The summed E-state index contributed by atoms with van der Waals surface area (Å²) in [5.74, 6) is -7.71. The van der Waals surface area contributed by atoms with Gasteiger partial charge in [0.25, 0.3) is 0 Å². The first-order chi connectivity index (χ1) is 28.7. The van der Waals surface area contributed by atoms with E-state index >= 15 is 0 Å². The number of rotatable bonds is 12. The Hall–Kier alpha value is -8.64.